The minimum atomic E-state index is -4.38. The van der Waals surface area contributed by atoms with Crippen molar-refractivity contribution >= 4 is 0 Å². The van der Waals surface area contributed by atoms with Crippen LogP contribution in [-0.4, -0.2) is 18.0 Å². The summed E-state index contributed by atoms with van der Waals surface area (Å²) in [7, 11) is 0. The molecule has 2 nitrogen and oxygen atoms in total. The molecule has 1 unspecified atom stereocenters. The molecule has 2 aromatic carbocycles. The molecule has 1 atom stereocenters. The number of alkyl halides is 3. The predicted octanol–water partition coefficient (Wildman–Crippen LogP) is 4.23. The molecule has 0 spiro atoms. The van der Waals surface area contributed by atoms with Crippen molar-refractivity contribution in [1.29, 1.82) is 0 Å². The van der Waals surface area contributed by atoms with Gasteiger partial charge in [-0.15, -0.1) is 0 Å². The van der Waals surface area contributed by atoms with E-state index in [1.807, 2.05) is 42.2 Å². The third kappa shape index (κ3) is 4.33. The van der Waals surface area contributed by atoms with Gasteiger partial charge in [0.05, 0.1) is 5.56 Å². The molecule has 0 saturated carbocycles. The van der Waals surface area contributed by atoms with E-state index in [1.165, 1.54) is 12.1 Å². The third-order valence-corrected chi connectivity index (χ3v) is 3.92. The summed E-state index contributed by atoms with van der Waals surface area (Å²) in [6.07, 6.45) is -4.38. The topological polar surface area (TPSA) is 29.3 Å². The Morgan fingerprint density at radius 2 is 1.61 bits per heavy atom. The van der Waals surface area contributed by atoms with Gasteiger partial charge in [0.2, 0.25) is 0 Å². The third-order valence-electron chi connectivity index (χ3n) is 3.92. The largest absolute Gasteiger partial charge is 0.416 e. The lowest BCUT2D eigenvalue weighted by molar-refractivity contribution is -0.138. The molecule has 124 valence electrons. The van der Waals surface area contributed by atoms with Crippen molar-refractivity contribution in [2.24, 2.45) is 5.73 Å². The van der Waals surface area contributed by atoms with Gasteiger partial charge in [-0.3, -0.25) is 4.90 Å². The smallest absolute Gasteiger partial charge is 0.329 e. The van der Waals surface area contributed by atoms with E-state index >= 15 is 0 Å². The summed E-state index contributed by atoms with van der Waals surface area (Å²) in [5.74, 6) is 0. The summed E-state index contributed by atoms with van der Waals surface area (Å²) in [6, 6.07) is 14.9. The van der Waals surface area contributed by atoms with E-state index in [4.69, 9.17) is 5.73 Å². The number of rotatable bonds is 6. The van der Waals surface area contributed by atoms with Crippen molar-refractivity contribution < 1.29 is 13.2 Å². The van der Waals surface area contributed by atoms with Crippen molar-refractivity contribution in [2.45, 2.75) is 25.7 Å². The van der Waals surface area contributed by atoms with Crippen LogP contribution in [0.1, 0.15) is 29.7 Å². The second kappa shape index (κ2) is 7.62. The molecule has 0 aliphatic carbocycles. The molecule has 0 aliphatic rings. The first-order valence-corrected chi connectivity index (χ1v) is 7.61. The normalized spacial score (nSPS) is 13.3. The number of nitrogens with two attached hydrogens (primary N) is 1. The van der Waals surface area contributed by atoms with E-state index in [0.29, 0.717) is 13.1 Å². The molecule has 0 amide bonds. The summed E-state index contributed by atoms with van der Waals surface area (Å²) >= 11 is 0. The zero-order chi connectivity index (χ0) is 16.9. The van der Waals surface area contributed by atoms with Gasteiger partial charge >= 0.3 is 6.18 Å². The fraction of sp³-hybridized carbons (Fsp3) is 0.333. The van der Waals surface area contributed by atoms with Crippen LogP contribution in [0.3, 0.4) is 0 Å². The van der Waals surface area contributed by atoms with Crippen LogP contribution >= 0.6 is 0 Å². The molecule has 0 bridgehead atoms. The molecule has 23 heavy (non-hydrogen) atoms. The standard InChI is InChI=1S/C18H21F3N2/c1-2-23(13-14-8-4-3-5-9-14)17(12-22)15-10-6-7-11-16(15)18(19,20)21/h3-11,17H,2,12-13,22H2,1H3. The van der Waals surface area contributed by atoms with Crippen LogP contribution in [0.4, 0.5) is 13.2 Å². The summed E-state index contributed by atoms with van der Waals surface area (Å²) in [5, 5.41) is 0. The fourth-order valence-electron chi connectivity index (χ4n) is 2.78. The maximum absolute atomic E-state index is 13.3. The second-order valence-corrected chi connectivity index (χ2v) is 5.39. The Labute approximate surface area is 134 Å². The Morgan fingerprint density at radius 3 is 2.17 bits per heavy atom. The highest BCUT2D eigenvalue weighted by molar-refractivity contribution is 5.33. The average Bonchev–Trinajstić information content (AvgIpc) is 2.55. The van der Waals surface area contributed by atoms with E-state index in [9.17, 15) is 13.2 Å². The quantitative estimate of drug-likeness (QED) is 0.862. The fourth-order valence-corrected chi connectivity index (χ4v) is 2.78. The van der Waals surface area contributed by atoms with Gasteiger partial charge in [-0.25, -0.2) is 0 Å². The molecule has 0 aromatic heterocycles. The maximum Gasteiger partial charge on any atom is 0.416 e. The first-order chi connectivity index (χ1) is 11.0. The van der Waals surface area contributed by atoms with Crippen molar-refractivity contribution in [3.05, 3.63) is 71.3 Å². The van der Waals surface area contributed by atoms with E-state index in [1.54, 1.807) is 6.07 Å². The number of likely N-dealkylation sites (N-methyl/N-ethyl adjacent to an activating group) is 1. The van der Waals surface area contributed by atoms with Crippen molar-refractivity contribution in [3.8, 4) is 0 Å². The van der Waals surface area contributed by atoms with Gasteiger partial charge in [0.15, 0.2) is 0 Å². The zero-order valence-corrected chi connectivity index (χ0v) is 13.1. The van der Waals surface area contributed by atoms with Crippen molar-refractivity contribution in [2.75, 3.05) is 13.1 Å². The lowest BCUT2D eigenvalue weighted by Crippen LogP contribution is -2.34. The molecule has 0 radical (unpaired) electrons. The van der Waals surface area contributed by atoms with Gasteiger partial charge in [0.25, 0.3) is 0 Å². The first kappa shape index (κ1) is 17.5. The van der Waals surface area contributed by atoms with Gasteiger partial charge in [-0.05, 0) is 23.7 Å². The maximum atomic E-state index is 13.3. The van der Waals surface area contributed by atoms with E-state index in [2.05, 4.69) is 0 Å². The zero-order valence-electron chi connectivity index (χ0n) is 13.1. The Balaban J connectivity index is 2.34. The van der Waals surface area contributed by atoms with Crippen LogP contribution in [-0.2, 0) is 12.7 Å². The molecular formula is C18H21F3N2. The van der Waals surface area contributed by atoms with Crippen LogP contribution < -0.4 is 5.73 Å². The van der Waals surface area contributed by atoms with Crippen LogP contribution in [0.5, 0.6) is 0 Å². The molecule has 2 rings (SSSR count). The minimum absolute atomic E-state index is 0.133. The van der Waals surface area contributed by atoms with Crippen LogP contribution in [0, 0.1) is 0 Å². The second-order valence-electron chi connectivity index (χ2n) is 5.39. The van der Waals surface area contributed by atoms with Crippen LogP contribution in [0.25, 0.3) is 0 Å². The summed E-state index contributed by atoms with van der Waals surface area (Å²) in [4.78, 5) is 1.97. The molecule has 0 aliphatic heterocycles. The van der Waals surface area contributed by atoms with E-state index < -0.39 is 17.8 Å². The van der Waals surface area contributed by atoms with Crippen molar-refractivity contribution in [1.82, 2.24) is 4.90 Å². The predicted molar refractivity (Wildman–Crippen MR) is 85.8 cm³/mol. The highest BCUT2D eigenvalue weighted by Gasteiger charge is 2.35. The van der Waals surface area contributed by atoms with Gasteiger partial charge < -0.3 is 5.73 Å². The average molecular weight is 322 g/mol. The highest BCUT2D eigenvalue weighted by atomic mass is 19.4. The number of benzene rings is 2. The van der Waals surface area contributed by atoms with Crippen molar-refractivity contribution in [3.63, 3.8) is 0 Å². The summed E-state index contributed by atoms with van der Waals surface area (Å²) in [5.41, 5.74) is 6.52. The molecular weight excluding hydrogens is 301 g/mol. The monoisotopic (exact) mass is 322 g/mol. The Hall–Kier alpha value is -1.85. The molecule has 2 aromatic rings. The molecule has 0 fully saturated rings. The lowest BCUT2D eigenvalue weighted by Gasteiger charge is -2.32. The Bertz CT molecular complexity index is 611. The molecule has 2 N–H and O–H groups in total. The van der Waals surface area contributed by atoms with Crippen LogP contribution in [0.15, 0.2) is 54.6 Å². The number of hydrogen-bond donors (Lipinski definition) is 1. The lowest BCUT2D eigenvalue weighted by atomic mass is 9.98. The summed E-state index contributed by atoms with van der Waals surface area (Å²) < 4.78 is 39.8. The minimum Gasteiger partial charge on any atom is -0.329 e. The SMILES string of the molecule is CCN(Cc1ccccc1)C(CN)c1ccccc1C(F)(F)F. The Kier molecular flexibility index (Phi) is 5.80. The van der Waals surface area contributed by atoms with E-state index in [0.717, 1.165) is 11.6 Å². The molecule has 0 saturated heterocycles. The number of hydrogen-bond acceptors (Lipinski definition) is 2. The van der Waals surface area contributed by atoms with Gasteiger partial charge in [0.1, 0.15) is 0 Å². The van der Waals surface area contributed by atoms with Gasteiger partial charge in [-0.2, -0.15) is 13.2 Å². The number of halogens is 3. The summed E-state index contributed by atoms with van der Waals surface area (Å²) in [6.45, 7) is 3.24. The molecule has 5 heteroatoms. The van der Waals surface area contributed by atoms with Gasteiger partial charge in [0, 0.05) is 19.1 Å². The number of nitrogens with zero attached hydrogens (tertiary/aromatic N) is 1. The first-order valence-electron chi connectivity index (χ1n) is 7.61. The van der Waals surface area contributed by atoms with Gasteiger partial charge in [-0.1, -0.05) is 55.5 Å². The van der Waals surface area contributed by atoms with E-state index in [-0.39, 0.29) is 12.1 Å². The van der Waals surface area contributed by atoms with Crippen LogP contribution in [0.2, 0.25) is 0 Å². The Morgan fingerprint density at radius 1 is 1.00 bits per heavy atom. The molecule has 0 heterocycles. The highest BCUT2D eigenvalue weighted by Crippen LogP contribution is 2.36.